The molecule has 12 heteroatoms. The monoisotopic (exact) mass is 470 g/mol. The summed E-state index contributed by atoms with van der Waals surface area (Å²) in [6.07, 6.45) is -5.95. The molecule has 0 saturated carbocycles. The van der Waals surface area contributed by atoms with Crippen LogP contribution >= 0.6 is 0 Å². The van der Waals surface area contributed by atoms with Crippen LogP contribution in [0.5, 0.6) is 34.5 Å². The molecule has 0 bridgehead atoms. The van der Waals surface area contributed by atoms with Crippen molar-refractivity contribution >= 4 is 11.0 Å². The highest BCUT2D eigenvalue weighted by Gasteiger charge is 2.40. The summed E-state index contributed by atoms with van der Waals surface area (Å²) >= 11 is 0. The zero-order chi connectivity index (χ0) is 22.4. The van der Waals surface area contributed by atoms with Crippen LogP contribution in [-0.4, -0.2) is 72.1 Å². The Bertz CT molecular complexity index is 1130. The minimum Gasteiger partial charge on any atom is -1.00 e. The zero-order valence-electron chi connectivity index (χ0n) is 16.1. The van der Waals surface area contributed by atoms with Gasteiger partial charge in [-0.25, -0.2) is 4.42 Å². The second-order valence-corrected chi connectivity index (χ2v) is 7.05. The SMILES string of the molecule is Oc1cc(O)c2cc(O[C@H]3OC[C@@H](O)[C@@H](O)[C@@H]3O)c(-c3cc(O)c(O)c(O)c3)[o+]c2c1.[Cl-]. The largest absolute Gasteiger partial charge is 1.00 e. The number of hydrogen-bond acceptors (Lipinski definition) is 10. The Morgan fingerprint density at radius 2 is 1.50 bits per heavy atom. The molecule has 8 N–H and O–H groups in total. The summed E-state index contributed by atoms with van der Waals surface area (Å²) in [6, 6.07) is 5.68. The van der Waals surface area contributed by atoms with Crippen molar-refractivity contribution in [2.24, 2.45) is 0 Å². The summed E-state index contributed by atoms with van der Waals surface area (Å²) < 4.78 is 16.6. The lowest BCUT2D eigenvalue weighted by Gasteiger charge is -2.34. The van der Waals surface area contributed by atoms with Crippen molar-refractivity contribution in [2.45, 2.75) is 24.6 Å². The van der Waals surface area contributed by atoms with Gasteiger partial charge in [-0.3, -0.25) is 0 Å². The Balaban J connectivity index is 0.00000289. The van der Waals surface area contributed by atoms with Crippen molar-refractivity contribution in [2.75, 3.05) is 6.61 Å². The first kappa shape index (κ1) is 23.4. The molecule has 2 heterocycles. The minimum atomic E-state index is -1.64. The number of aromatic hydroxyl groups is 5. The molecule has 4 atom stereocenters. The van der Waals surface area contributed by atoms with Crippen LogP contribution in [0, 0.1) is 0 Å². The van der Waals surface area contributed by atoms with Crippen LogP contribution in [0.2, 0.25) is 0 Å². The standard InChI is InChI=1S/C20H18O11.ClH/c21-8-3-10(22)9-5-15(31-20-18(28)17(27)13(25)6-29-20)19(30-14(9)4-8)7-1-11(23)16(26)12(24)2-7;/h1-5,13,17-18,20,25,27-28H,6H2,(H4-,21,22,23,24,26);1H/t13-,17-,18+,20-;/m1./s1. The van der Waals surface area contributed by atoms with E-state index in [9.17, 15) is 40.9 Å². The van der Waals surface area contributed by atoms with E-state index in [0.29, 0.717) is 0 Å². The average Bonchev–Trinajstić information content (AvgIpc) is 2.72. The van der Waals surface area contributed by atoms with Gasteiger partial charge < -0.3 is 62.7 Å². The summed E-state index contributed by atoms with van der Waals surface area (Å²) in [7, 11) is 0. The van der Waals surface area contributed by atoms with Crippen LogP contribution in [0.25, 0.3) is 22.3 Å². The topological polar surface area (TPSA) is 192 Å². The molecule has 0 aliphatic carbocycles. The number of benzene rings is 2. The number of aliphatic hydroxyl groups is 3. The van der Waals surface area contributed by atoms with Crippen molar-refractivity contribution in [1.82, 2.24) is 0 Å². The maximum absolute atomic E-state index is 10.2. The smallest absolute Gasteiger partial charge is 0.402 e. The number of ether oxygens (including phenoxy) is 2. The van der Waals surface area contributed by atoms with E-state index >= 15 is 0 Å². The Kier molecular flexibility index (Phi) is 6.39. The number of phenols is 5. The van der Waals surface area contributed by atoms with Gasteiger partial charge in [-0.15, -0.1) is 0 Å². The second kappa shape index (κ2) is 8.73. The number of hydrogen-bond donors (Lipinski definition) is 8. The van der Waals surface area contributed by atoms with Crippen molar-refractivity contribution in [1.29, 1.82) is 0 Å². The lowest BCUT2D eigenvalue weighted by atomic mass is 10.1. The van der Waals surface area contributed by atoms with Crippen LogP contribution in [0.3, 0.4) is 0 Å². The number of phenolic OH excluding ortho intramolecular Hbond substituents is 5. The number of aliphatic hydroxyl groups excluding tert-OH is 3. The van der Waals surface area contributed by atoms with Crippen molar-refractivity contribution in [3.63, 3.8) is 0 Å². The number of fused-ring (bicyclic) bond motifs is 1. The van der Waals surface area contributed by atoms with Crippen LogP contribution in [0.1, 0.15) is 0 Å². The highest BCUT2D eigenvalue weighted by molar-refractivity contribution is 5.88. The van der Waals surface area contributed by atoms with Gasteiger partial charge in [0.1, 0.15) is 35.2 Å². The predicted octanol–water partition coefficient (Wildman–Crippen LogP) is -2.27. The van der Waals surface area contributed by atoms with E-state index in [0.717, 1.165) is 18.2 Å². The summed E-state index contributed by atoms with van der Waals surface area (Å²) in [5.74, 6) is -3.03. The third kappa shape index (κ3) is 4.11. The number of halogens is 1. The van der Waals surface area contributed by atoms with Gasteiger partial charge in [0.15, 0.2) is 17.2 Å². The van der Waals surface area contributed by atoms with E-state index in [1.165, 1.54) is 12.1 Å². The molecule has 1 aromatic heterocycles. The van der Waals surface area contributed by atoms with Crippen molar-refractivity contribution < 1.29 is 67.2 Å². The van der Waals surface area contributed by atoms with Gasteiger partial charge in [-0.05, 0) is 0 Å². The second-order valence-electron chi connectivity index (χ2n) is 7.05. The Morgan fingerprint density at radius 1 is 0.844 bits per heavy atom. The van der Waals surface area contributed by atoms with Gasteiger partial charge in [0.25, 0.3) is 0 Å². The molecular formula is C20H19ClO11. The van der Waals surface area contributed by atoms with E-state index in [1.54, 1.807) is 0 Å². The molecule has 0 amide bonds. The predicted molar refractivity (Wildman–Crippen MR) is 103 cm³/mol. The van der Waals surface area contributed by atoms with Crippen molar-refractivity contribution in [3.8, 4) is 45.8 Å². The molecule has 1 aliphatic heterocycles. The molecule has 3 aromatic rings. The van der Waals surface area contributed by atoms with Gasteiger partial charge >= 0.3 is 11.3 Å². The molecule has 0 spiro atoms. The van der Waals surface area contributed by atoms with Gasteiger partial charge in [-0.2, -0.15) is 0 Å². The molecule has 11 nitrogen and oxygen atoms in total. The molecule has 32 heavy (non-hydrogen) atoms. The summed E-state index contributed by atoms with van der Waals surface area (Å²) in [4.78, 5) is 0. The fraction of sp³-hybridized carbons (Fsp3) is 0.250. The van der Waals surface area contributed by atoms with E-state index in [4.69, 9.17) is 13.9 Å². The Hall–Kier alpha value is -3.22. The fourth-order valence-electron chi connectivity index (χ4n) is 3.22. The van der Waals surface area contributed by atoms with E-state index in [-0.39, 0.29) is 58.6 Å². The summed E-state index contributed by atoms with van der Waals surface area (Å²) in [5, 5.41) is 79.0. The normalized spacial score (nSPS) is 23.0. The van der Waals surface area contributed by atoms with E-state index in [2.05, 4.69) is 0 Å². The maximum atomic E-state index is 10.2. The summed E-state index contributed by atoms with van der Waals surface area (Å²) in [6.45, 7) is -0.330. The first-order chi connectivity index (χ1) is 14.7. The lowest BCUT2D eigenvalue weighted by molar-refractivity contribution is -0.242. The quantitative estimate of drug-likeness (QED) is 0.152. The molecule has 0 radical (unpaired) electrons. The van der Waals surface area contributed by atoms with Crippen LogP contribution < -0.4 is 17.1 Å². The van der Waals surface area contributed by atoms with E-state index in [1.807, 2.05) is 0 Å². The van der Waals surface area contributed by atoms with Crippen LogP contribution in [-0.2, 0) is 4.74 Å². The molecule has 1 aliphatic rings. The lowest BCUT2D eigenvalue weighted by Crippen LogP contribution is -3.00. The van der Waals surface area contributed by atoms with Gasteiger partial charge in [0.2, 0.25) is 12.0 Å². The zero-order valence-corrected chi connectivity index (χ0v) is 16.8. The van der Waals surface area contributed by atoms with E-state index < -0.39 is 41.9 Å². The van der Waals surface area contributed by atoms with Gasteiger partial charge in [0.05, 0.1) is 18.2 Å². The van der Waals surface area contributed by atoms with Gasteiger partial charge in [0, 0.05) is 24.3 Å². The Labute approximate surface area is 186 Å². The minimum absolute atomic E-state index is 0. The first-order valence-electron chi connectivity index (χ1n) is 9.06. The Morgan fingerprint density at radius 3 is 2.16 bits per heavy atom. The molecule has 4 rings (SSSR count). The van der Waals surface area contributed by atoms with Crippen LogP contribution in [0.4, 0.5) is 0 Å². The highest BCUT2D eigenvalue weighted by Crippen LogP contribution is 2.44. The van der Waals surface area contributed by atoms with Gasteiger partial charge in [-0.1, -0.05) is 0 Å². The molecule has 172 valence electrons. The maximum Gasteiger partial charge on any atom is 0.402 e. The highest BCUT2D eigenvalue weighted by atomic mass is 35.5. The molecule has 1 fully saturated rings. The summed E-state index contributed by atoms with van der Waals surface area (Å²) in [5.41, 5.74) is 0.0332. The number of rotatable bonds is 3. The molecule has 2 aromatic carbocycles. The fourth-order valence-corrected chi connectivity index (χ4v) is 3.22. The molecule has 0 unspecified atom stereocenters. The molecular weight excluding hydrogens is 452 g/mol. The average molecular weight is 471 g/mol. The first-order valence-corrected chi connectivity index (χ1v) is 9.06. The van der Waals surface area contributed by atoms with Crippen LogP contribution in [0.15, 0.2) is 34.7 Å². The molecule has 1 saturated heterocycles. The third-order valence-corrected chi connectivity index (χ3v) is 4.85. The van der Waals surface area contributed by atoms with Crippen molar-refractivity contribution in [3.05, 3.63) is 30.3 Å². The third-order valence-electron chi connectivity index (χ3n) is 4.85.